The molecule has 0 N–H and O–H groups in total. The number of aldehydes is 1. The molecule has 7 heteroatoms. The second-order valence-electron chi connectivity index (χ2n) is 8.35. The lowest BCUT2D eigenvalue weighted by Gasteiger charge is -2.38. The summed E-state index contributed by atoms with van der Waals surface area (Å²) in [5.74, 6) is 0.616. The molecule has 0 unspecified atom stereocenters. The number of pyridine rings is 1. The molecule has 1 aromatic carbocycles. The van der Waals surface area contributed by atoms with Crippen LogP contribution in [0.2, 0.25) is 0 Å². The van der Waals surface area contributed by atoms with Crippen LogP contribution in [0.3, 0.4) is 0 Å². The molecule has 0 bridgehead atoms. The standard InChI is InChI=1S/C24H27N5O2/c1-17-25-22-7-5-18(14-23(22)31-17)21(9-13-30)26-24-8-6-20(15-27(24)2)29-12-11-28-10-3-4-19(28)16-29/h5-9,13-15,19H,3-4,10-12,16H2,1-2H3/b21-9-,26-24-/t19-/m1/s1. The summed E-state index contributed by atoms with van der Waals surface area (Å²) < 4.78 is 7.66. The molecule has 2 aliphatic rings. The Morgan fingerprint density at radius 2 is 2.13 bits per heavy atom. The predicted octanol–water partition coefficient (Wildman–Crippen LogP) is 2.90. The van der Waals surface area contributed by atoms with Gasteiger partial charge in [-0.2, -0.15) is 0 Å². The minimum atomic E-state index is 0.592. The number of piperazine rings is 1. The Morgan fingerprint density at radius 3 is 2.97 bits per heavy atom. The molecule has 0 amide bonds. The van der Waals surface area contributed by atoms with Crippen molar-refractivity contribution in [1.82, 2.24) is 14.5 Å². The maximum absolute atomic E-state index is 11.3. The Morgan fingerprint density at radius 1 is 1.23 bits per heavy atom. The molecule has 1 atom stereocenters. The largest absolute Gasteiger partial charge is 0.441 e. The number of allylic oxidation sites excluding steroid dienone is 1. The van der Waals surface area contributed by atoms with Crippen molar-refractivity contribution in [1.29, 1.82) is 0 Å². The van der Waals surface area contributed by atoms with Gasteiger partial charge in [-0.15, -0.1) is 0 Å². The Balaban J connectivity index is 1.45. The highest BCUT2D eigenvalue weighted by atomic mass is 16.3. The van der Waals surface area contributed by atoms with Crippen LogP contribution in [0.5, 0.6) is 0 Å². The van der Waals surface area contributed by atoms with E-state index in [1.807, 2.05) is 42.8 Å². The predicted molar refractivity (Wildman–Crippen MR) is 121 cm³/mol. The Kier molecular flexibility index (Phi) is 5.19. The molecule has 2 saturated heterocycles. The van der Waals surface area contributed by atoms with Crippen LogP contribution in [0.15, 0.2) is 52.0 Å². The molecule has 0 aliphatic carbocycles. The normalized spacial score (nSPS) is 20.5. The summed E-state index contributed by atoms with van der Waals surface area (Å²) in [7, 11) is 2.00. The summed E-state index contributed by atoms with van der Waals surface area (Å²) in [5, 5.41) is 0. The fraction of sp³-hybridized carbons (Fsp3) is 0.375. The van der Waals surface area contributed by atoms with Gasteiger partial charge in [-0.25, -0.2) is 9.98 Å². The van der Waals surface area contributed by atoms with E-state index in [4.69, 9.17) is 9.41 Å². The first-order valence-corrected chi connectivity index (χ1v) is 10.8. The number of nitrogens with zero attached hydrogens (tertiary/aromatic N) is 5. The van der Waals surface area contributed by atoms with Crippen molar-refractivity contribution in [2.45, 2.75) is 25.8 Å². The Labute approximate surface area is 181 Å². The Bertz CT molecular complexity index is 1220. The number of carbonyl (C=O) groups excluding carboxylic acids is 1. The Hall–Kier alpha value is -3.19. The summed E-state index contributed by atoms with van der Waals surface area (Å²) in [4.78, 5) is 25.5. The van der Waals surface area contributed by atoms with Crippen molar-refractivity contribution in [3.63, 3.8) is 0 Å². The molecule has 0 saturated carbocycles. The molecule has 0 radical (unpaired) electrons. The maximum Gasteiger partial charge on any atom is 0.192 e. The van der Waals surface area contributed by atoms with Crippen molar-refractivity contribution < 1.29 is 9.21 Å². The van der Waals surface area contributed by atoms with Crippen LogP contribution >= 0.6 is 0 Å². The monoisotopic (exact) mass is 417 g/mol. The first-order valence-electron chi connectivity index (χ1n) is 10.8. The van der Waals surface area contributed by atoms with Gasteiger partial charge in [-0.1, -0.05) is 6.07 Å². The third-order valence-corrected chi connectivity index (χ3v) is 6.29. The molecule has 31 heavy (non-hydrogen) atoms. The van der Waals surface area contributed by atoms with Gasteiger partial charge in [0.2, 0.25) is 0 Å². The molecule has 7 nitrogen and oxygen atoms in total. The fourth-order valence-corrected chi connectivity index (χ4v) is 4.70. The van der Waals surface area contributed by atoms with Crippen LogP contribution in [-0.4, -0.2) is 53.0 Å². The van der Waals surface area contributed by atoms with Gasteiger partial charge in [-0.3, -0.25) is 9.69 Å². The zero-order chi connectivity index (χ0) is 21.4. The third-order valence-electron chi connectivity index (χ3n) is 6.29. The number of carbonyl (C=O) groups is 1. The quantitative estimate of drug-likeness (QED) is 0.482. The number of benzene rings is 1. The molecule has 2 fully saturated rings. The van der Waals surface area contributed by atoms with Gasteiger partial charge in [0.15, 0.2) is 11.5 Å². The number of oxazole rings is 1. The highest BCUT2D eigenvalue weighted by Crippen LogP contribution is 2.25. The second kappa shape index (κ2) is 8.15. The number of aromatic nitrogens is 2. The van der Waals surface area contributed by atoms with Gasteiger partial charge in [0.05, 0.1) is 11.4 Å². The summed E-state index contributed by atoms with van der Waals surface area (Å²) in [5.41, 5.74) is 4.89. The average Bonchev–Trinajstić information content (AvgIpc) is 3.38. The first-order chi connectivity index (χ1) is 15.1. The number of rotatable bonds is 4. The van der Waals surface area contributed by atoms with Crippen LogP contribution in [-0.2, 0) is 11.8 Å². The van der Waals surface area contributed by atoms with Crippen LogP contribution in [0.25, 0.3) is 16.8 Å². The zero-order valence-electron chi connectivity index (χ0n) is 18.0. The van der Waals surface area contributed by atoms with E-state index in [0.29, 0.717) is 23.2 Å². The summed E-state index contributed by atoms with van der Waals surface area (Å²) >= 11 is 0. The molecule has 0 spiro atoms. The van der Waals surface area contributed by atoms with Gasteiger partial charge in [0.1, 0.15) is 17.3 Å². The molecule has 4 heterocycles. The maximum atomic E-state index is 11.3. The third kappa shape index (κ3) is 3.93. The van der Waals surface area contributed by atoms with E-state index >= 15 is 0 Å². The van der Waals surface area contributed by atoms with Gasteiger partial charge >= 0.3 is 0 Å². The molecule has 2 aliphatic heterocycles. The van der Waals surface area contributed by atoms with Gasteiger partial charge in [-0.05, 0) is 43.7 Å². The number of aryl methyl sites for hydroxylation is 2. The SMILES string of the molecule is Cc1nc2ccc(C(=C/C=O)/N=c3/ccc(N4CCN5CCC[C@@H]5C4)cn3C)cc2o1. The number of hydrogen-bond donors (Lipinski definition) is 0. The van der Waals surface area contributed by atoms with Crippen molar-refractivity contribution in [2.24, 2.45) is 12.0 Å². The van der Waals surface area contributed by atoms with Crippen molar-refractivity contribution in [3.8, 4) is 0 Å². The molecule has 160 valence electrons. The van der Waals surface area contributed by atoms with E-state index in [2.05, 4.69) is 27.0 Å². The summed E-state index contributed by atoms with van der Waals surface area (Å²) in [6, 6.07) is 10.5. The highest BCUT2D eigenvalue weighted by Gasteiger charge is 2.30. The van der Waals surface area contributed by atoms with Crippen molar-refractivity contribution in [3.05, 3.63) is 59.5 Å². The second-order valence-corrected chi connectivity index (χ2v) is 8.35. The number of hydrogen-bond acceptors (Lipinski definition) is 6. The number of fused-ring (bicyclic) bond motifs is 2. The van der Waals surface area contributed by atoms with E-state index in [-0.39, 0.29) is 0 Å². The summed E-state index contributed by atoms with van der Waals surface area (Å²) in [6.07, 6.45) is 6.99. The van der Waals surface area contributed by atoms with Gasteiger partial charge in [0, 0.05) is 57.5 Å². The van der Waals surface area contributed by atoms with Crippen molar-refractivity contribution >= 4 is 28.8 Å². The number of anilines is 1. The van der Waals surface area contributed by atoms with E-state index in [1.165, 1.54) is 31.1 Å². The zero-order valence-corrected chi connectivity index (χ0v) is 18.0. The van der Waals surface area contributed by atoms with E-state index in [1.54, 1.807) is 0 Å². The topological polar surface area (TPSA) is 66.9 Å². The molecular formula is C24H27N5O2. The lowest BCUT2D eigenvalue weighted by Crippen LogP contribution is -2.50. The van der Waals surface area contributed by atoms with Crippen molar-refractivity contribution in [2.75, 3.05) is 31.1 Å². The van der Waals surface area contributed by atoms with Gasteiger partial charge < -0.3 is 13.9 Å². The molecule has 3 aromatic rings. The lowest BCUT2D eigenvalue weighted by molar-refractivity contribution is -0.104. The van der Waals surface area contributed by atoms with E-state index in [9.17, 15) is 4.79 Å². The first kappa shape index (κ1) is 19.8. The van der Waals surface area contributed by atoms with E-state index < -0.39 is 0 Å². The minimum absolute atomic E-state index is 0.592. The molecular weight excluding hydrogens is 390 g/mol. The highest BCUT2D eigenvalue weighted by molar-refractivity contribution is 5.84. The molecule has 5 rings (SSSR count). The molecule has 2 aromatic heterocycles. The van der Waals surface area contributed by atoms with Crippen LogP contribution < -0.4 is 10.4 Å². The summed E-state index contributed by atoms with van der Waals surface area (Å²) in [6.45, 7) is 6.34. The van der Waals surface area contributed by atoms with Crippen LogP contribution in [0.4, 0.5) is 5.69 Å². The minimum Gasteiger partial charge on any atom is -0.441 e. The fourth-order valence-electron chi connectivity index (χ4n) is 4.70. The smallest absolute Gasteiger partial charge is 0.192 e. The van der Waals surface area contributed by atoms with E-state index in [0.717, 1.165) is 42.5 Å². The lowest BCUT2D eigenvalue weighted by atomic mass is 10.1. The average molecular weight is 418 g/mol. The van der Waals surface area contributed by atoms with Gasteiger partial charge in [0.25, 0.3) is 0 Å². The van der Waals surface area contributed by atoms with Crippen LogP contribution in [0, 0.1) is 6.92 Å². The van der Waals surface area contributed by atoms with Crippen LogP contribution in [0.1, 0.15) is 24.3 Å².